The second-order valence-corrected chi connectivity index (χ2v) is 4.39. The van der Waals surface area contributed by atoms with Gasteiger partial charge in [-0.1, -0.05) is 0 Å². The summed E-state index contributed by atoms with van der Waals surface area (Å²) in [4.78, 5) is 22.7. The molecule has 3 aliphatic carbocycles. The van der Waals surface area contributed by atoms with E-state index in [0.717, 1.165) is 25.7 Å². The zero-order valence-electron chi connectivity index (χ0n) is 6.95. The fourth-order valence-corrected chi connectivity index (χ4v) is 3.54. The van der Waals surface area contributed by atoms with Crippen LogP contribution in [0.15, 0.2) is 0 Å². The van der Waals surface area contributed by atoms with Gasteiger partial charge in [-0.25, -0.2) is 0 Å². The standard InChI is InChI=1S/C10H12O2/c11-7-3-1-5-6-2-4-8(12)10(6)9(5)7/h5-6,9-10H,1-4H2/t5-,6-,9+,10+/m0/s1. The molecule has 2 nitrogen and oxygen atoms in total. The van der Waals surface area contributed by atoms with Gasteiger partial charge in [-0.3, -0.25) is 9.59 Å². The van der Waals surface area contributed by atoms with Crippen molar-refractivity contribution in [2.24, 2.45) is 23.7 Å². The van der Waals surface area contributed by atoms with E-state index in [1.54, 1.807) is 0 Å². The molecule has 12 heavy (non-hydrogen) atoms. The van der Waals surface area contributed by atoms with Crippen LogP contribution in [0.1, 0.15) is 25.7 Å². The van der Waals surface area contributed by atoms with Crippen LogP contribution in [-0.4, -0.2) is 11.6 Å². The molecule has 0 amide bonds. The van der Waals surface area contributed by atoms with Crippen molar-refractivity contribution in [3.05, 3.63) is 0 Å². The van der Waals surface area contributed by atoms with Gasteiger partial charge in [0.25, 0.3) is 0 Å². The van der Waals surface area contributed by atoms with Gasteiger partial charge in [-0.15, -0.1) is 0 Å². The molecule has 2 heteroatoms. The van der Waals surface area contributed by atoms with E-state index in [2.05, 4.69) is 0 Å². The van der Waals surface area contributed by atoms with Crippen molar-refractivity contribution in [3.8, 4) is 0 Å². The summed E-state index contributed by atoms with van der Waals surface area (Å²) in [6.07, 6.45) is 3.63. The molecule has 0 bridgehead atoms. The number of carbonyl (C=O) groups excluding carboxylic acids is 2. The summed E-state index contributed by atoms with van der Waals surface area (Å²) in [7, 11) is 0. The lowest BCUT2D eigenvalue weighted by Crippen LogP contribution is -2.46. The Balaban J connectivity index is 1.93. The quantitative estimate of drug-likeness (QED) is 0.539. The van der Waals surface area contributed by atoms with Gasteiger partial charge in [-0.05, 0) is 24.7 Å². The number of rotatable bonds is 0. The molecule has 0 aromatic rings. The third-order valence-electron chi connectivity index (χ3n) is 4.05. The van der Waals surface area contributed by atoms with Gasteiger partial charge in [0, 0.05) is 24.7 Å². The van der Waals surface area contributed by atoms with Crippen molar-refractivity contribution in [2.45, 2.75) is 25.7 Å². The SMILES string of the molecule is O=C1CC[C@H]2[C@@H]3CCC(=O)[C@@H]3[C@@H]12. The minimum Gasteiger partial charge on any atom is -0.299 e. The van der Waals surface area contributed by atoms with E-state index in [1.165, 1.54) is 0 Å². The highest BCUT2D eigenvalue weighted by atomic mass is 16.1. The maximum Gasteiger partial charge on any atom is 0.137 e. The van der Waals surface area contributed by atoms with Crippen molar-refractivity contribution < 1.29 is 9.59 Å². The van der Waals surface area contributed by atoms with Crippen molar-refractivity contribution in [1.29, 1.82) is 0 Å². The number of fused-ring (bicyclic) bond motifs is 4. The minimum atomic E-state index is 0.171. The van der Waals surface area contributed by atoms with Gasteiger partial charge in [0.1, 0.15) is 11.6 Å². The van der Waals surface area contributed by atoms with Crippen LogP contribution >= 0.6 is 0 Å². The van der Waals surface area contributed by atoms with E-state index in [0.29, 0.717) is 23.4 Å². The normalized spacial score (nSPS) is 50.3. The van der Waals surface area contributed by atoms with Crippen LogP contribution < -0.4 is 0 Å². The van der Waals surface area contributed by atoms with Gasteiger partial charge < -0.3 is 0 Å². The van der Waals surface area contributed by atoms with Crippen LogP contribution in [0.4, 0.5) is 0 Å². The van der Waals surface area contributed by atoms with E-state index in [4.69, 9.17) is 0 Å². The number of hydrogen-bond acceptors (Lipinski definition) is 2. The van der Waals surface area contributed by atoms with Crippen molar-refractivity contribution >= 4 is 11.6 Å². The summed E-state index contributed by atoms with van der Waals surface area (Å²) in [5, 5.41) is 0. The summed E-state index contributed by atoms with van der Waals surface area (Å²) in [5.41, 5.74) is 0. The first-order valence-corrected chi connectivity index (χ1v) is 4.84. The number of hydrogen-bond donors (Lipinski definition) is 0. The molecule has 0 aromatic carbocycles. The molecule has 3 rings (SSSR count). The molecule has 0 N–H and O–H groups in total. The fourth-order valence-electron chi connectivity index (χ4n) is 3.54. The second-order valence-electron chi connectivity index (χ2n) is 4.39. The third-order valence-corrected chi connectivity index (χ3v) is 4.05. The Hall–Kier alpha value is -0.660. The summed E-state index contributed by atoms with van der Waals surface area (Å²) in [6, 6.07) is 0. The van der Waals surface area contributed by atoms with Gasteiger partial charge >= 0.3 is 0 Å². The van der Waals surface area contributed by atoms with Gasteiger partial charge in [-0.2, -0.15) is 0 Å². The average molecular weight is 164 g/mol. The van der Waals surface area contributed by atoms with E-state index in [9.17, 15) is 9.59 Å². The Morgan fingerprint density at radius 1 is 0.833 bits per heavy atom. The molecule has 0 saturated heterocycles. The Kier molecular flexibility index (Phi) is 1.12. The highest BCUT2D eigenvalue weighted by Gasteiger charge is 2.61. The molecule has 0 heterocycles. The molecular formula is C10H12O2. The van der Waals surface area contributed by atoms with Gasteiger partial charge in [0.15, 0.2) is 0 Å². The molecule has 0 unspecified atom stereocenters. The number of carbonyl (C=O) groups is 2. The monoisotopic (exact) mass is 164 g/mol. The molecular weight excluding hydrogens is 152 g/mol. The Morgan fingerprint density at radius 3 is 1.67 bits per heavy atom. The number of Topliss-reactive ketones (excluding diaryl/α,β-unsaturated/α-hetero) is 2. The van der Waals surface area contributed by atoms with E-state index in [1.807, 2.05) is 0 Å². The average Bonchev–Trinajstić information content (AvgIpc) is 2.41. The molecule has 3 fully saturated rings. The zero-order valence-corrected chi connectivity index (χ0v) is 6.95. The lowest BCUT2D eigenvalue weighted by Gasteiger charge is -2.42. The minimum absolute atomic E-state index is 0.171. The van der Waals surface area contributed by atoms with Crippen LogP contribution in [0.5, 0.6) is 0 Å². The van der Waals surface area contributed by atoms with E-state index < -0.39 is 0 Å². The van der Waals surface area contributed by atoms with Crippen LogP contribution in [0.25, 0.3) is 0 Å². The van der Waals surface area contributed by atoms with Crippen molar-refractivity contribution in [3.63, 3.8) is 0 Å². The molecule has 64 valence electrons. The summed E-state index contributed by atoms with van der Waals surface area (Å²) < 4.78 is 0. The Labute approximate surface area is 71.3 Å². The first kappa shape index (κ1) is 6.81. The molecule has 0 aliphatic heterocycles. The predicted octanol–water partition coefficient (Wildman–Crippen LogP) is 1.19. The summed E-state index contributed by atoms with van der Waals surface area (Å²) in [6.45, 7) is 0. The van der Waals surface area contributed by atoms with Gasteiger partial charge in [0.2, 0.25) is 0 Å². The lowest BCUT2D eigenvalue weighted by molar-refractivity contribution is -0.139. The number of ketones is 2. The van der Waals surface area contributed by atoms with Gasteiger partial charge in [0.05, 0.1) is 0 Å². The Bertz CT molecular complexity index is 241. The highest BCUT2D eigenvalue weighted by molar-refractivity contribution is 5.95. The second kappa shape index (κ2) is 1.98. The van der Waals surface area contributed by atoms with Crippen LogP contribution in [-0.2, 0) is 9.59 Å². The first-order chi connectivity index (χ1) is 5.79. The molecule has 3 aliphatic rings. The molecule has 0 spiro atoms. The fraction of sp³-hybridized carbons (Fsp3) is 0.800. The van der Waals surface area contributed by atoms with Crippen molar-refractivity contribution in [1.82, 2.24) is 0 Å². The lowest BCUT2D eigenvalue weighted by atomic mass is 9.59. The van der Waals surface area contributed by atoms with E-state index >= 15 is 0 Å². The zero-order chi connectivity index (χ0) is 8.29. The van der Waals surface area contributed by atoms with Crippen molar-refractivity contribution in [2.75, 3.05) is 0 Å². The summed E-state index contributed by atoms with van der Waals surface area (Å²) in [5.74, 6) is 2.30. The molecule has 3 saturated carbocycles. The highest BCUT2D eigenvalue weighted by Crippen LogP contribution is 2.59. The Morgan fingerprint density at radius 2 is 1.25 bits per heavy atom. The summed E-state index contributed by atoms with van der Waals surface area (Å²) >= 11 is 0. The predicted molar refractivity (Wildman–Crippen MR) is 42.4 cm³/mol. The van der Waals surface area contributed by atoms with Crippen LogP contribution in [0.2, 0.25) is 0 Å². The molecule has 0 radical (unpaired) electrons. The van der Waals surface area contributed by atoms with E-state index in [-0.39, 0.29) is 11.8 Å². The van der Waals surface area contributed by atoms with Crippen LogP contribution in [0, 0.1) is 23.7 Å². The first-order valence-electron chi connectivity index (χ1n) is 4.84. The third kappa shape index (κ3) is 0.584. The molecule has 0 aromatic heterocycles. The largest absolute Gasteiger partial charge is 0.299 e. The molecule has 4 atom stereocenters. The maximum absolute atomic E-state index is 11.4. The topological polar surface area (TPSA) is 34.1 Å². The maximum atomic E-state index is 11.4. The van der Waals surface area contributed by atoms with Crippen LogP contribution in [0.3, 0.4) is 0 Å². The smallest absolute Gasteiger partial charge is 0.137 e.